The highest BCUT2D eigenvalue weighted by Gasteiger charge is 2.20. The maximum absolute atomic E-state index is 12.3. The number of carboxylic acids is 1. The summed E-state index contributed by atoms with van der Waals surface area (Å²) in [7, 11) is 0. The molecule has 6 heteroatoms. The second-order valence-corrected chi connectivity index (χ2v) is 6.19. The van der Waals surface area contributed by atoms with Crippen LogP contribution in [0.25, 0.3) is 0 Å². The monoisotopic (exact) mass is 337 g/mol. The molecule has 0 radical (unpaired) electrons. The number of aromatic carboxylic acids is 1. The molecule has 24 heavy (non-hydrogen) atoms. The van der Waals surface area contributed by atoms with Crippen molar-refractivity contribution in [3.8, 4) is 5.75 Å². The quantitative estimate of drug-likeness (QED) is 0.651. The number of nitrogens with zero attached hydrogens (tertiary/aromatic N) is 1. The van der Waals surface area contributed by atoms with Gasteiger partial charge in [-0.2, -0.15) is 0 Å². The van der Waals surface area contributed by atoms with E-state index in [2.05, 4.69) is 4.98 Å². The molecule has 0 bridgehead atoms. The second-order valence-electron chi connectivity index (χ2n) is 6.19. The summed E-state index contributed by atoms with van der Waals surface area (Å²) in [6.07, 6.45) is 4.55. The van der Waals surface area contributed by atoms with E-state index in [9.17, 15) is 14.7 Å². The van der Waals surface area contributed by atoms with Crippen LogP contribution >= 0.6 is 0 Å². The molecule has 0 aliphatic carbocycles. The number of hydrogen-bond acceptors (Lipinski definition) is 5. The Morgan fingerprint density at radius 1 is 1.21 bits per heavy atom. The fraction of sp³-hybridized carbons (Fsp3) is 0.611. The lowest BCUT2D eigenvalue weighted by Gasteiger charge is -2.17. The molecule has 6 nitrogen and oxygen atoms in total. The first kappa shape index (κ1) is 19.9. The molecule has 0 amide bonds. The molecule has 0 saturated carbocycles. The van der Waals surface area contributed by atoms with Gasteiger partial charge in [-0.15, -0.1) is 0 Å². The van der Waals surface area contributed by atoms with Crippen LogP contribution in [0.4, 0.5) is 0 Å². The Morgan fingerprint density at radius 2 is 1.83 bits per heavy atom. The Balaban J connectivity index is 2.95. The van der Waals surface area contributed by atoms with Gasteiger partial charge in [0.15, 0.2) is 11.4 Å². The Hall–Kier alpha value is -2.11. The standard InChI is InChI=1S/C18H27NO5/c1-5-7-14(8-6-2)24-18(22)13-9-15(23-11-12(3)4)16(17(20)21)19-10-13/h9-10,12,14H,5-8,11H2,1-4H3,(H,20,21). The highest BCUT2D eigenvalue weighted by atomic mass is 16.5. The molecule has 1 N–H and O–H groups in total. The van der Waals surface area contributed by atoms with Crippen molar-refractivity contribution < 1.29 is 24.2 Å². The van der Waals surface area contributed by atoms with E-state index < -0.39 is 11.9 Å². The van der Waals surface area contributed by atoms with E-state index in [-0.39, 0.29) is 29.0 Å². The van der Waals surface area contributed by atoms with Crippen LogP contribution in [0.3, 0.4) is 0 Å². The Kier molecular flexibility index (Phi) is 8.22. The molecular weight excluding hydrogens is 310 g/mol. The van der Waals surface area contributed by atoms with Gasteiger partial charge in [0.25, 0.3) is 0 Å². The number of carboxylic acid groups (broad SMARTS) is 1. The minimum Gasteiger partial charge on any atom is -0.491 e. The number of carbonyl (C=O) groups is 2. The molecule has 1 rings (SSSR count). The van der Waals surface area contributed by atoms with Crippen molar-refractivity contribution in [2.24, 2.45) is 5.92 Å². The number of hydrogen-bond donors (Lipinski definition) is 1. The zero-order valence-corrected chi connectivity index (χ0v) is 14.9. The molecule has 0 fully saturated rings. The second kappa shape index (κ2) is 9.90. The number of pyridine rings is 1. The zero-order chi connectivity index (χ0) is 18.1. The lowest BCUT2D eigenvalue weighted by molar-refractivity contribution is 0.0256. The van der Waals surface area contributed by atoms with Crippen LogP contribution in [0.5, 0.6) is 5.75 Å². The van der Waals surface area contributed by atoms with Crippen molar-refractivity contribution >= 4 is 11.9 Å². The number of aromatic nitrogens is 1. The molecule has 134 valence electrons. The minimum absolute atomic E-state index is 0.0909. The average molecular weight is 337 g/mol. The third-order valence-electron chi connectivity index (χ3n) is 3.36. The van der Waals surface area contributed by atoms with Gasteiger partial charge < -0.3 is 14.6 Å². The first-order valence-electron chi connectivity index (χ1n) is 8.46. The fourth-order valence-electron chi connectivity index (χ4n) is 2.21. The Morgan fingerprint density at radius 3 is 2.33 bits per heavy atom. The predicted octanol–water partition coefficient (Wildman–Crippen LogP) is 3.94. The lowest BCUT2D eigenvalue weighted by Crippen LogP contribution is -2.19. The highest BCUT2D eigenvalue weighted by Crippen LogP contribution is 2.21. The third kappa shape index (κ3) is 6.18. The van der Waals surface area contributed by atoms with Gasteiger partial charge in [0.1, 0.15) is 6.10 Å². The molecular formula is C18H27NO5. The Bertz CT molecular complexity index is 550. The van der Waals surface area contributed by atoms with Crippen molar-refractivity contribution in [2.75, 3.05) is 6.61 Å². The van der Waals surface area contributed by atoms with E-state index in [0.29, 0.717) is 6.61 Å². The summed E-state index contributed by atoms with van der Waals surface area (Å²) in [5, 5.41) is 9.19. The van der Waals surface area contributed by atoms with E-state index in [1.54, 1.807) is 0 Å². The van der Waals surface area contributed by atoms with Crippen LogP contribution in [0, 0.1) is 5.92 Å². The number of esters is 1. The van der Waals surface area contributed by atoms with Crippen molar-refractivity contribution in [1.82, 2.24) is 4.98 Å². The SMILES string of the molecule is CCCC(CCC)OC(=O)c1cnc(C(=O)O)c(OCC(C)C)c1. The summed E-state index contributed by atoms with van der Waals surface area (Å²) in [4.78, 5) is 27.4. The fourth-order valence-corrected chi connectivity index (χ4v) is 2.21. The van der Waals surface area contributed by atoms with Gasteiger partial charge in [0.05, 0.1) is 12.2 Å². The van der Waals surface area contributed by atoms with Crippen molar-refractivity contribution in [1.29, 1.82) is 0 Å². The Labute approximate surface area is 143 Å². The van der Waals surface area contributed by atoms with Gasteiger partial charge in [0.2, 0.25) is 0 Å². The molecule has 0 atom stereocenters. The van der Waals surface area contributed by atoms with Gasteiger partial charge in [-0.25, -0.2) is 14.6 Å². The summed E-state index contributed by atoms with van der Waals surface area (Å²) >= 11 is 0. The first-order chi connectivity index (χ1) is 11.4. The molecule has 0 aliphatic rings. The summed E-state index contributed by atoms with van der Waals surface area (Å²) in [5.41, 5.74) is 0.00169. The predicted molar refractivity (Wildman–Crippen MR) is 90.5 cm³/mol. The zero-order valence-electron chi connectivity index (χ0n) is 14.9. The third-order valence-corrected chi connectivity index (χ3v) is 3.36. The van der Waals surface area contributed by atoms with Gasteiger partial charge in [0, 0.05) is 6.20 Å². The molecule has 1 aromatic heterocycles. The lowest BCUT2D eigenvalue weighted by atomic mass is 10.1. The minimum atomic E-state index is -1.19. The summed E-state index contributed by atoms with van der Waals surface area (Å²) in [5.74, 6) is -1.38. The maximum Gasteiger partial charge on any atom is 0.358 e. The molecule has 1 aromatic rings. The smallest absolute Gasteiger partial charge is 0.358 e. The van der Waals surface area contributed by atoms with Crippen LogP contribution in [-0.2, 0) is 4.74 Å². The topological polar surface area (TPSA) is 85.7 Å². The molecule has 0 saturated heterocycles. The van der Waals surface area contributed by atoms with Crippen LogP contribution in [0.1, 0.15) is 74.2 Å². The molecule has 0 unspecified atom stereocenters. The first-order valence-corrected chi connectivity index (χ1v) is 8.46. The summed E-state index contributed by atoms with van der Waals surface area (Å²) < 4.78 is 11.0. The van der Waals surface area contributed by atoms with E-state index in [1.807, 2.05) is 27.7 Å². The van der Waals surface area contributed by atoms with E-state index in [4.69, 9.17) is 9.47 Å². The number of rotatable bonds is 10. The normalized spacial score (nSPS) is 10.9. The van der Waals surface area contributed by atoms with E-state index in [1.165, 1.54) is 12.3 Å². The van der Waals surface area contributed by atoms with Crippen LogP contribution in [0.2, 0.25) is 0 Å². The van der Waals surface area contributed by atoms with Crippen LogP contribution in [0.15, 0.2) is 12.3 Å². The van der Waals surface area contributed by atoms with E-state index >= 15 is 0 Å². The van der Waals surface area contributed by atoms with Crippen molar-refractivity contribution in [3.05, 3.63) is 23.5 Å². The summed E-state index contributed by atoms with van der Waals surface area (Å²) in [6.45, 7) is 8.32. The number of carbonyl (C=O) groups excluding carboxylic acids is 1. The highest BCUT2D eigenvalue weighted by molar-refractivity contribution is 5.93. The maximum atomic E-state index is 12.3. The van der Waals surface area contributed by atoms with E-state index in [0.717, 1.165) is 25.7 Å². The van der Waals surface area contributed by atoms with Crippen LogP contribution < -0.4 is 4.74 Å². The molecule has 0 aromatic carbocycles. The van der Waals surface area contributed by atoms with Crippen molar-refractivity contribution in [2.45, 2.75) is 59.5 Å². The molecule has 0 aliphatic heterocycles. The van der Waals surface area contributed by atoms with Gasteiger partial charge in [-0.05, 0) is 24.8 Å². The molecule has 0 spiro atoms. The van der Waals surface area contributed by atoms with Gasteiger partial charge in [-0.3, -0.25) is 0 Å². The molecule has 1 heterocycles. The van der Waals surface area contributed by atoms with Crippen LogP contribution in [-0.4, -0.2) is 34.7 Å². The largest absolute Gasteiger partial charge is 0.491 e. The van der Waals surface area contributed by atoms with Crippen molar-refractivity contribution in [3.63, 3.8) is 0 Å². The average Bonchev–Trinajstić information content (AvgIpc) is 2.52. The van der Waals surface area contributed by atoms with Gasteiger partial charge in [-0.1, -0.05) is 40.5 Å². The summed E-state index contributed by atoms with van der Waals surface area (Å²) in [6, 6.07) is 1.40. The van der Waals surface area contributed by atoms with Gasteiger partial charge >= 0.3 is 11.9 Å². The number of ether oxygens (including phenoxy) is 2.